The number of rotatable bonds is 6. The van der Waals surface area contributed by atoms with Gasteiger partial charge in [0.05, 0.1) is 5.56 Å². The second-order valence-electron chi connectivity index (χ2n) is 5.20. The summed E-state index contributed by atoms with van der Waals surface area (Å²) in [5, 5.41) is 1.85. The summed E-state index contributed by atoms with van der Waals surface area (Å²) in [6, 6.07) is 15.0. The number of hydrogen-bond donors (Lipinski definition) is 2. The van der Waals surface area contributed by atoms with Crippen molar-refractivity contribution in [3.8, 4) is 5.75 Å². The molecule has 0 heterocycles. The molecule has 0 aliphatic rings. The van der Waals surface area contributed by atoms with Gasteiger partial charge < -0.3 is 15.2 Å². The molecule has 7 nitrogen and oxygen atoms in total. The summed E-state index contributed by atoms with van der Waals surface area (Å²) in [6.07, 6.45) is -1.16. The van der Waals surface area contributed by atoms with Crippen molar-refractivity contribution in [2.75, 3.05) is 0 Å². The monoisotopic (exact) mass is 342 g/mol. The van der Waals surface area contributed by atoms with Gasteiger partial charge in [-0.25, -0.2) is 9.59 Å². The molecule has 0 aromatic heterocycles. The lowest BCUT2D eigenvalue weighted by Gasteiger charge is -2.12. The Morgan fingerprint density at radius 3 is 2.48 bits per heavy atom. The Hall–Kier alpha value is -3.35. The van der Waals surface area contributed by atoms with E-state index in [0.717, 1.165) is 5.56 Å². The van der Waals surface area contributed by atoms with E-state index in [0.29, 0.717) is 12.4 Å². The Balaban J connectivity index is 1.96. The summed E-state index contributed by atoms with van der Waals surface area (Å²) < 4.78 is 10.6. The van der Waals surface area contributed by atoms with Crippen LogP contribution in [0.3, 0.4) is 0 Å². The van der Waals surface area contributed by atoms with Crippen molar-refractivity contribution in [2.45, 2.75) is 19.6 Å². The molecule has 2 aromatic rings. The SMILES string of the molecule is C[C@H](OC(=O)c1cccc(OCc2ccccc2)c1)C(=O)NC(N)=O. The van der Waals surface area contributed by atoms with Crippen LogP contribution in [0.5, 0.6) is 5.75 Å². The van der Waals surface area contributed by atoms with Gasteiger partial charge in [0.1, 0.15) is 12.4 Å². The average molecular weight is 342 g/mol. The van der Waals surface area contributed by atoms with E-state index in [1.54, 1.807) is 12.1 Å². The van der Waals surface area contributed by atoms with Crippen molar-refractivity contribution in [1.29, 1.82) is 0 Å². The molecule has 0 unspecified atom stereocenters. The maximum atomic E-state index is 12.1. The zero-order valence-electron chi connectivity index (χ0n) is 13.6. The molecule has 2 rings (SSSR count). The summed E-state index contributed by atoms with van der Waals surface area (Å²) in [5.74, 6) is -1.01. The van der Waals surface area contributed by atoms with Gasteiger partial charge in [0, 0.05) is 0 Å². The molecule has 0 spiro atoms. The minimum atomic E-state index is -1.16. The minimum absolute atomic E-state index is 0.226. The van der Waals surface area contributed by atoms with E-state index in [1.807, 2.05) is 35.6 Å². The predicted octanol–water partition coefficient (Wildman–Crippen LogP) is 2.01. The zero-order valence-corrected chi connectivity index (χ0v) is 13.6. The Morgan fingerprint density at radius 2 is 1.80 bits per heavy atom. The van der Waals surface area contributed by atoms with Crippen LogP contribution in [0.1, 0.15) is 22.8 Å². The summed E-state index contributed by atoms with van der Waals surface area (Å²) in [4.78, 5) is 34.3. The number of imide groups is 1. The van der Waals surface area contributed by atoms with Crippen molar-refractivity contribution < 1.29 is 23.9 Å². The van der Waals surface area contributed by atoms with Gasteiger partial charge in [0.2, 0.25) is 0 Å². The minimum Gasteiger partial charge on any atom is -0.489 e. The van der Waals surface area contributed by atoms with E-state index in [1.165, 1.54) is 19.1 Å². The Bertz CT molecular complexity index is 761. The summed E-state index contributed by atoms with van der Waals surface area (Å²) in [6.45, 7) is 1.70. The lowest BCUT2D eigenvalue weighted by molar-refractivity contribution is -0.127. The smallest absolute Gasteiger partial charge is 0.339 e. The zero-order chi connectivity index (χ0) is 18.2. The van der Waals surface area contributed by atoms with Crippen LogP contribution in [-0.4, -0.2) is 24.0 Å². The second kappa shape index (κ2) is 8.49. The lowest BCUT2D eigenvalue weighted by atomic mass is 10.2. The summed E-state index contributed by atoms with van der Waals surface area (Å²) in [7, 11) is 0. The van der Waals surface area contributed by atoms with E-state index >= 15 is 0 Å². The van der Waals surface area contributed by atoms with Crippen molar-refractivity contribution in [3.63, 3.8) is 0 Å². The fourth-order valence-corrected chi connectivity index (χ4v) is 1.96. The first kappa shape index (κ1) is 18.0. The molecule has 7 heteroatoms. The van der Waals surface area contributed by atoms with Crippen LogP contribution in [0, 0.1) is 0 Å². The van der Waals surface area contributed by atoms with Gasteiger partial charge in [-0.15, -0.1) is 0 Å². The number of carbonyl (C=O) groups is 3. The van der Waals surface area contributed by atoms with Gasteiger partial charge in [-0.3, -0.25) is 10.1 Å². The van der Waals surface area contributed by atoms with E-state index in [9.17, 15) is 14.4 Å². The number of nitrogens with two attached hydrogens (primary N) is 1. The van der Waals surface area contributed by atoms with Gasteiger partial charge in [0.25, 0.3) is 5.91 Å². The first-order valence-electron chi connectivity index (χ1n) is 7.54. The highest BCUT2D eigenvalue weighted by Crippen LogP contribution is 2.16. The Morgan fingerprint density at radius 1 is 1.08 bits per heavy atom. The van der Waals surface area contributed by atoms with E-state index < -0.39 is 24.0 Å². The maximum Gasteiger partial charge on any atom is 0.339 e. The van der Waals surface area contributed by atoms with Gasteiger partial charge >= 0.3 is 12.0 Å². The number of ether oxygens (including phenoxy) is 2. The van der Waals surface area contributed by atoms with Crippen molar-refractivity contribution in [1.82, 2.24) is 5.32 Å². The van der Waals surface area contributed by atoms with Crippen LogP contribution in [0.15, 0.2) is 54.6 Å². The molecule has 0 radical (unpaired) electrons. The van der Waals surface area contributed by atoms with E-state index in [-0.39, 0.29) is 5.56 Å². The van der Waals surface area contributed by atoms with Crippen LogP contribution >= 0.6 is 0 Å². The molecule has 3 N–H and O–H groups in total. The predicted molar refractivity (Wildman–Crippen MR) is 89.8 cm³/mol. The van der Waals surface area contributed by atoms with Gasteiger partial charge in [-0.1, -0.05) is 36.4 Å². The average Bonchev–Trinajstić information content (AvgIpc) is 2.60. The first-order valence-corrected chi connectivity index (χ1v) is 7.54. The molecule has 0 aliphatic heterocycles. The third kappa shape index (κ3) is 5.65. The van der Waals surface area contributed by atoms with Crippen LogP contribution < -0.4 is 15.8 Å². The number of urea groups is 1. The van der Waals surface area contributed by atoms with Gasteiger partial charge in [0.15, 0.2) is 6.10 Å². The lowest BCUT2D eigenvalue weighted by Crippen LogP contribution is -2.42. The van der Waals surface area contributed by atoms with Crippen molar-refractivity contribution in [3.05, 3.63) is 65.7 Å². The number of esters is 1. The first-order chi connectivity index (χ1) is 12.0. The summed E-state index contributed by atoms with van der Waals surface area (Å²) >= 11 is 0. The highest BCUT2D eigenvalue weighted by molar-refractivity contribution is 5.98. The molecule has 2 aromatic carbocycles. The molecule has 0 saturated heterocycles. The number of amides is 3. The molecule has 0 saturated carbocycles. The second-order valence-corrected chi connectivity index (χ2v) is 5.20. The van der Waals surface area contributed by atoms with Crippen LogP contribution in [0.25, 0.3) is 0 Å². The van der Waals surface area contributed by atoms with E-state index in [2.05, 4.69) is 0 Å². The standard InChI is InChI=1S/C18H18N2O5/c1-12(16(21)20-18(19)23)25-17(22)14-8-5-9-15(10-14)24-11-13-6-3-2-4-7-13/h2-10,12H,11H2,1H3,(H3,19,20,21,23)/t12-/m0/s1. The quantitative estimate of drug-likeness (QED) is 0.781. The van der Waals surface area contributed by atoms with Crippen LogP contribution in [0.2, 0.25) is 0 Å². The van der Waals surface area contributed by atoms with Gasteiger partial charge in [-0.05, 0) is 30.7 Å². The molecule has 0 bridgehead atoms. The number of benzene rings is 2. The number of nitrogens with one attached hydrogen (secondary N) is 1. The number of primary amides is 1. The molecule has 3 amide bonds. The molecule has 25 heavy (non-hydrogen) atoms. The van der Waals surface area contributed by atoms with Crippen molar-refractivity contribution in [2.24, 2.45) is 5.73 Å². The van der Waals surface area contributed by atoms with Crippen molar-refractivity contribution >= 4 is 17.9 Å². The number of carbonyl (C=O) groups excluding carboxylic acids is 3. The molecule has 130 valence electrons. The Kier molecular flexibility index (Phi) is 6.11. The molecule has 0 aliphatic carbocycles. The molecule has 0 fully saturated rings. The fourth-order valence-electron chi connectivity index (χ4n) is 1.96. The highest BCUT2D eigenvalue weighted by atomic mass is 16.5. The molecule has 1 atom stereocenters. The maximum absolute atomic E-state index is 12.1. The fraction of sp³-hybridized carbons (Fsp3) is 0.167. The topological polar surface area (TPSA) is 108 Å². The Labute approximate surface area is 144 Å². The largest absolute Gasteiger partial charge is 0.489 e. The third-order valence-electron chi connectivity index (χ3n) is 3.22. The van der Waals surface area contributed by atoms with Crippen LogP contribution in [0.4, 0.5) is 4.79 Å². The molecular formula is C18H18N2O5. The van der Waals surface area contributed by atoms with Crippen LogP contribution in [-0.2, 0) is 16.1 Å². The van der Waals surface area contributed by atoms with E-state index in [4.69, 9.17) is 15.2 Å². The normalized spacial score (nSPS) is 11.2. The third-order valence-corrected chi connectivity index (χ3v) is 3.22. The highest BCUT2D eigenvalue weighted by Gasteiger charge is 2.20. The van der Waals surface area contributed by atoms with Gasteiger partial charge in [-0.2, -0.15) is 0 Å². The summed E-state index contributed by atoms with van der Waals surface area (Å²) in [5.41, 5.74) is 6.07. The number of hydrogen-bond acceptors (Lipinski definition) is 5. The molecular weight excluding hydrogens is 324 g/mol.